The molecule has 2 aromatic rings. The summed E-state index contributed by atoms with van der Waals surface area (Å²) in [6, 6.07) is 4.39. The molecule has 0 N–H and O–H groups in total. The minimum absolute atomic E-state index is 0.177. The van der Waals surface area contributed by atoms with Crippen molar-refractivity contribution >= 4 is 6.29 Å². The van der Waals surface area contributed by atoms with Crippen molar-refractivity contribution in [2.75, 3.05) is 0 Å². The van der Waals surface area contributed by atoms with Crippen molar-refractivity contribution in [3.63, 3.8) is 0 Å². The topological polar surface area (TPSA) is 47.8 Å². The molecule has 18 heavy (non-hydrogen) atoms. The zero-order valence-electron chi connectivity index (χ0n) is 10.4. The van der Waals surface area contributed by atoms with Gasteiger partial charge in [0.1, 0.15) is 17.3 Å². The van der Waals surface area contributed by atoms with Crippen LogP contribution >= 0.6 is 0 Å². The van der Waals surface area contributed by atoms with Crippen molar-refractivity contribution < 1.29 is 9.18 Å². The molecule has 1 aromatic carbocycles. The normalized spacial score (nSPS) is 10.6. The van der Waals surface area contributed by atoms with E-state index in [0.29, 0.717) is 30.8 Å². The fourth-order valence-corrected chi connectivity index (χ4v) is 1.80. The number of aromatic nitrogens is 3. The first-order valence-electron chi connectivity index (χ1n) is 5.90. The molecule has 0 aliphatic carbocycles. The highest BCUT2D eigenvalue weighted by atomic mass is 19.1. The molecule has 0 aliphatic rings. The molecule has 0 bridgehead atoms. The van der Waals surface area contributed by atoms with Crippen LogP contribution in [0.3, 0.4) is 0 Å². The first-order valence-corrected chi connectivity index (χ1v) is 5.90. The monoisotopic (exact) mass is 247 g/mol. The van der Waals surface area contributed by atoms with Crippen LogP contribution in [0.4, 0.5) is 4.39 Å². The second kappa shape index (κ2) is 5.08. The van der Waals surface area contributed by atoms with Gasteiger partial charge in [-0.3, -0.25) is 4.79 Å². The molecule has 0 fully saturated rings. The molecule has 1 heterocycles. The number of carbonyl (C=O) groups excluding carboxylic acids is 1. The molecule has 0 unspecified atom stereocenters. The molecule has 0 saturated heterocycles. The minimum Gasteiger partial charge on any atom is -0.298 e. The van der Waals surface area contributed by atoms with E-state index < -0.39 is 5.82 Å². The van der Waals surface area contributed by atoms with Gasteiger partial charge < -0.3 is 0 Å². The van der Waals surface area contributed by atoms with Crippen LogP contribution in [0, 0.1) is 5.82 Å². The Morgan fingerprint density at radius 2 is 2.11 bits per heavy atom. The summed E-state index contributed by atoms with van der Waals surface area (Å²) in [6.07, 6.45) is 1.93. The lowest BCUT2D eigenvalue weighted by Crippen LogP contribution is -2.08. The number of hydrogen-bond donors (Lipinski definition) is 0. The van der Waals surface area contributed by atoms with Gasteiger partial charge in [-0.2, -0.15) is 5.10 Å². The first kappa shape index (κ1) is 12.4. The van der Waals surface area contributed by atoms with Crippen molar-refractivity contribution in [2.45, 2.75) is 26.7 Å². The number of hydrogen-bond acceptors (Lipinski definition) is 3. The highest BCUT2D eigenvalue weighted by Gasteiger charge is 2.16. The molecule has 4 nitrogen and oxygen atoms in total. The first-order chi connectivity index (χ1) is 8.71. The van der Waals surface area contributed by atoms with Crippen LogP contribution in [-0.2, 0) is 12.8 Å². The van der Waals surface area contributed by atoms with E-state index in [4.69, 9.17) is 0 Å². The van der Waals surface area contributed by atoms with Crippen molar-refractivity contribution in [1.82, 2.24) is 14.8 Å². The molecule has 0 aliphatic heterocycles. The fraction of sp³-hybridized carbons (Fsp3) is 0.308. The second-order valence-corrected chi connectivity index (χ2v) is 3.86. The SMILES string of the molecule is CCc1nc(CC)n(-c2c(F)cccc2C=O)n1. The van der Waals surface area contributed by atoms with E-state index >= 15 is 0 Å². The number of halogens is 1. The lowest BCUT2D eigenvalue weighted by atomic mass is 10.2. The second-order valence-electron chi connectivity index (χ2n) is 3.86. The zero-order valence-corrected chi connectivity index (χ0v) is 10.4. The third-order valence-corrected chi connectivity index (χ3v) is 2.71. The highest BCUT2D eigenvalue weighted by Crippen LogP contribution is 2.18. The van der Waals surface area contributed by atoms with Gasteiger partial charge in [0, 0.05) is 18.4 Å². The summed E-state index contributed by atoms with van der Waals surface area (Å²) in [5.74, 6) is 0.828. The fourth-order valence-electron chi connectivity index (χ4n) is 1.80. The van der Waals surface area contributed by atoms with E-state index in [2.05, 4.69) is 10.1 Å². The Balaban J connectivity index is 2.67. The maximum Gasteiger partial charge on any atom is 0.152 e. The van der Waals surface area contributed by atoms with Crippen molar-refractivity contribution in [2.24, 2.45) is 0 Å². The maximum absolute atomic E-state index is 13.9. The van der Waals surface area contributed by atoms with E-state index in [0.717, 1.165) is 0 Å². The van der Waals surface area contributed by atoms with E-state index in [1.807, 2.05) is 13.8 Å². The average molecular weight is 247 g/mol. The van der Waals surface area contributed by atoms with Crippen molar-refractivity contribution in [3.05, 3.63) is 41.2 Å². The Morgan fingerprint density at radius 1 is 1.33 bits per heavy atom. The number of benzene rings is 1. The predicted molar refractivity (Wildman–Crippen MR) is 65.5 cm³/mol. The van der Waals surface area contributed by atoms with Gasteiger partial charge in [0.05, 0.1) is 0 Å². The number of para-hydroxylation sites is 1. The lowest BCUT2D eigenvalue weighted by molar-refractivity contribution is 0.112. The van der Waals surface area contributed by atoms with E-state index in [9.17, 15) is 9.18 Å². The van der Waals surface area contributed by atoms with Gasteiger partial charge in [0.15, 0.2) is 12.1 Å². The van der Waals surface area contributed by atoms with Gasteiger partial charge in [-0.05, 0) is 12.1 Å². The molecule has 94 valence electrons. The maximum atomic E-state index is 13.9. The summed E-state index contributed by atoms with van der Waals surface area (Å²) in [5, 5.41) is 4.25. The molecule has 1 aromatic heterocycles. The van der Waals surface area contributed by atoms with E-state index in [-0.39, 0.29) is 11.3 Å². The third-order valence-electron chi connectivity index (χ3n) is 2.71. The zero-order chi connectivity index (χ0) is 13.1. The summed E-state index contributed by atoms with van der Waals surface area (Å²) in [5.41, 5.74) is 0.453. The minimum atomic E-state index is -0.471. The van der Waals surface area contributed by atoms with E-state index in [1.54, 1.807) is 6.07 Å². The van der Waals surface area contributed by atoms with Crippen molar-refractivity contribution in [3.8, 4) is 5.69 Å². The molecule has 0 amide bonds. The molecule has 5 heteroatoms. The number of rotatable bonds is 4. The highest BCUT2D eigenvalue weighted by molar-refractivity contribution is 5.80. The molecular weight excluding hydrogens is 233 g/mol. The number of carbonyl (C=O) groups is 1. The Kier molecular flexibility index (Phi) is 3.50. The molecule has 0 spiro atoms. The van der Waals surface area contributed by atoms with Gasteiger partial charge in [0.2, 0.25) is 0 Å². The van der Waals surface area contributed by atoms with Gasteiger partial charge in [-0.25, -0.2) is 14.1 Å². The number of aryl methyl sites for hydroxylation is 2. The lowest BCUT2D eigenvalue weighted by Gasteiger charge is -2.08. The van der Waals surface area contributed by atoms with Crippen LogP contribution < -0.4 is 0 Å². The van der Waals surface area contributed by atoms with E-state index in [1.165, 1.54) is 16.8 Å². The number of nitrogens with zero attached hydrogens (tertiary/aromatic N) is 3. The van der Waals surface area contributed by atoms with Gasteiger partial charge in [0.25, 0.3) is 0 Å². The summed E-state index contributed by atoms with van der Waals surface area (Å²) >= 11 is 0. The van der Waals surface area contributed by atoms with Crippen LogP contribution in [0.25, 0.3) is 5.69 Å². The van der Waals surface area contributed by atoms with Gasteiger partial charge in [-0.1, -0.05) is 19.9 Å². The van der Waals surface area contributed by atoms with Crippen LogP contribution in [0.5, 0.6) is 0 Å². The Labute approximate surface area is 104 Å². The Morgan fingerprint density at radius 3 is 2.72 bits per heavy atom. The van der Waals surface area contributed by atoms with Crippen LogP contribution in [0.1, 0.15) is 35.9 Å². The molecule has 0 atom stereocenters. The summed E-state index contributed by atoms with van der Waals surface area (Å²) in [6.45, 7) is 3.85. The Bertz CT molecular complexity index is 578. The molecule has 0 saturated carbocycles. The van der Waals surface area contributed by atoms with Gasteiger partial charge in [-0.15, -0.1) is 0 Å². The predicted octanol–water partition coefficient (Wildman–Crippen LogP) is 2.34. The molecule has 0 radical (unpaired) electrons. The van der Waals surface area contributed by atoms with Gasteiger partial charge >= 0.3 is 0 Å². The average Bonchev–Trinajstić information content (AvgIpc) is 2.81. The van der Waals surface area contributed by atoms with Crippen molar-refractivity contribution in [1.29, 1.82) is 0 Å². The standard InChI is InChI=1S/C13H14FN3O/c1-3-11-15-12(4-2)17(16-11)13-9(8-18)6-5-7-10(13)14/h5-8H,3-4H2,1-2H3. The molecule has 2 rings (SSSR count). The Hall–Kier alpha value is -2.04. The summed E-state index contributed by atoms with van der Waals surface area (Å²) in [4.78, 5) is 15.3. The van der Waals surface area contributed by atoms with Crippen LogP contribution in [-0.4, -0.2) is 21.1 Å². The third kappa shape index (κ3) is 2.03. The summed E-state index contributed by atoms with van der Waals surface area (Å²) in [7, 11) is 0. The largest absolute Gasteiger partial charge is 0.298 e. The molecular formula is C13H14FN3O. The number of aldehydes is 1. The summed E-state index contributed by atoms with van der Waals surface area (Å²) < 4.78 is 15.3. The smallest absolute Gasteiger partial charge is 0.152 e. The quantitative estimate of drug-likeness (QED) is 0.779. The van der Waals surface area contributed by atoms with Crippen LogP contribution in [0.2, 0.25) is 0 Å². The van der Waals surface area contributed by atoms with Crippen LogP contribution in [0.15, 0.2) is 18.2 Å².